The van der Waals surface area contributed by atoms with Gasteiger partial charge in [0.2, 0.25) is 5.69 Å². The van der Waals surface area contributed by atoms with Crippen LogP contribution in [0.4, 0.5) is 0 Å². The van der Waals surface area contributed by atoms with Gasteiger partial charge in [-0.1, -0.05) is 26.0 Å². The maximum Gasteiger partial charge on any atom is 0.215 e. The van der Waals surface area contributed by atoms with Crippen LogP contribution in [0.1, 0.15) is 36.1 Å². The van der Waals surface area contributed by atoms with Crippen LogP contribution >= 0.6 is 0 Å². The van der Waals surface area contributed by atoms with Crippen LogP contribution in [0, 0.1) is 26.7 Å². The molecule has 0 atom stereocenters. The molecular weight excluding hydrogens is 242 g/mol. The molecule has 0 radical (unpaired) electrons. The van der Waals surface area contributed by atoms with Gasteiger partial charge in [-0.05, 0) is 55.9 Å². The molecule has 2 aromatic rings. The molecule has 0 amide bonds. The van der Waals surface area contributed by atoms with Gasteiger partial charge >= 0.3 is 0 Å². The molecule has 0 spiro atoms. The molecule has 0 saturated carbocycles. The summed E-state index contributed by atoms with van der Waals surface area (Å²) in [4.78, 5) is 0. The summed E-state index contributed by atoms with van der Waals surface area (Å²) in [5.41, 5.74) is 8.21. The van der Waals surface area contributed by atoms with Crippen molar-refractivity contribution in [3.63, 3.8) is 0 Å². The van der Waals surface area contributed by atoms with Crippen LogP contribution < -0.4 is 4.57 Å². The van der Waals surface area contributed by atoms with Crippen molar-refractivity contribution in [1.82, 2.24) is 0 Å². The Hall–Kier alpha value is -1.63. The van der Waals surface area contributed by atoms with E-state index in [0.717, 1.165) is 6.42 Å². The van der Waals surface area contributed by atoms with Crippen LogP contribution in [0.15, 0.2) is 30.5 Å². The molecule has 0 unspecified atom stereocenters. The molecule has 1 heteroatoms. The molecule has 0 aliphatic heterocycles. The zero-order valence-electron chi connectivity index (χ0n) is 13.6. The third-order valence-corrected chi connectivity index (χ3v) is 4.04. The lowest BCUT2D eigenvalue weighted by molar-refractivity contribution is -0.660. The Morgan fingerprint density at radius 1 is 1.00 bits per heavy atom. The number of hydrogen-bond donors (Lipinski definition) is 0. The third-order valence-electron chi connectivity index (χ3n) is 4.04. The number of benzene rings is 1. The minimum absolute atomic E-state index is 0.706. The Kier molecular flexibility index (Phi) is 4.27. The molecule has 2 rings (SSSR count). The lowest BCUT2D eigenvalue weighted by atomic mass is 9.94. The Morgan fingerprint density at radius 2 is 1.70 bits per heavy atom. The topological polar surface area (TPSA) is 3.88 Å². The van der Waals surface area contributed by atoms with E-state index in [1.54, 1.807) is 0 Å². The summed E-state index contributed by atoms with van der Waals surface area (Å²) in [7, 11) is 2.13. The van der Waals surface area contributed by atoms with E-state index in [0.29, 0.717) is 5.92 Å². The monoisotopic (exact) mass is 268 g/mol. The molecule has 1 aromatic heterocycles. The van der Waals surface area contributed by atoms with Gasteiger partial charge in [-0.2, -0.15) is 0 Å². The van der Waals surface area contributed by atoms with Gasteiger partial charge in [-0.15, -0.1) is 0 Å². The molecular formula is C19H26N+. The Bertz CT molecular complexity index is 624. The highest BCUT2D eigenvalue weighted by Gasteiger charge is 2.17. The first kappa shape index (κ1) is 14.8. The zero-order valence-corrected chi connectivity index (χ0v) is 13.6. The number of aromatic nitrogens is 1. The fraction of sp³-hybridized carbons (Fsp3) is 0.421. The molecule has 1 heterocycles. The molecule has 0 N–H and O–H groups in total. The fourth-order valence-corrected chi connectivity index (χ4v) is 2.86. The molecule has 0 fully saturated rings. The summed E-state index contributed by atoms with van der Waals surface area (Å²) >= 11 is 0. The maximum atomic E-state index is 2.34. The first-order valence-electron chi connectivity index (χ1n) is 7.46. The standard InChI is InChI=1S/C19H26N/c1-13(2)11-17-7-8-18(15(4)12-17)19-16(5)14(3)9-10-20(19)6/h7-10,12-13H,11H2,1-6H3/q+1. The summed E-state index contributed by atoms with van der Waals surface area (Å²) in [5, 5.41) is 0. The van der Waals surface area contributed by atoms with Crippen molar-refractivity contribution in [3.05, 3.63) is 52.7 Å². The summed E-state index contributed by atoms with van der Waals surface area (Å²) in [6, 6.07) is 9.09. The van der Waals surface area contributed by atoms with Gasteiger partial charge in [0.05, 0.1) is 0 Å². The number of pyridine rings is 1. The van der Waals surface area contributed by atoms with Crippen molar-refractivity contribution in [2.24, 2.45) is 13.0 Å². The molecule has 0 aliphatic rings. The van der Waals surface area contributed by atoms with Gasteiger partial charge in [-0.3, -0.25) is 0 Å². The zero-order chi connectivity index (χ0) is 14.9. The van der Waals surface area contributed by atoms with Crippen LogP contribution in [-0.2, 0) is 13.5 Å². The number of hydrogen-bond acceptors (Lipinski definition) is 0. The highest BCUT2D eigenvalue weighted by atomic mass is 14.9. The molecule has 0 aliphatic carbocycles. The van der Waals surface area contributed by atoms with Crippen molar-refractivity contribution in [3.8, 4) is 11.3 Å². The summed E-state index contributed by atoms with van der Waals surface area (Å²) in [5.74, 6) is 0.706. The van der Waals surface area contributed by atoms with E-state index in [1.807, 2.05) is 0 Å². The second-order valence-corrected chi connectivity index (χ2v) is 6.33. The summed E-state index contributed by atoms with van der Waals surface area (Å²) in [6.45, 7) is 11.2. The van der Waals surface area contributed by atoms with Crippen LogP contribution in [0.2, 0.25) is 0 Å². The van der Waals surface area contributed by atoms with Crippen LogP contribution in [0.25, 0.3) is 11.3 Å². The van der Waals surface area contributed by atoms with E-state index in [-0.39, 0.29) is 0 Å². The van der Waals surface area contributed by atoms with Crippen molar-refractivity contribution in [2.45, 2.75) is 41.0 Å². The molecule has 106 valence electrons. The highest BCUT2D eigenvalue weighted by molar-refractivity contribution is 5.65. The largest absolute Gasteiger partial charge is 0.215 e. The predicted octanol–water partition coefficient (Wildman–Crippen LogP) is 4.30. The number of rotatable bonds is 3. The number of aryl methyl sites for hydroxylation is 3. The van der Waals surface area contributed by atoms with Gasteiger partial charge < -0.3 is 0 Å². The quantitative estimate of drug-likeness (QED) is 0.731. The van der Waals surface area contributed by atoms with Crippen molar-refractivity contribution >= 4 is 0 Å². The first-order chi connectivity index (χ1) is 9.40. The lowest BCUT2D eigenvalue weighted by Crippen LogP contribution is -2.32. The van der Waals surface area contributed by atoms with E-state index >= 15 is 0 Å². The Balaban J connectivity index is 2.52. The van der Waals surface area contributed by atoms with Gasteiger partial charge in [0, 0.05) is 17.2 Å². The highest BCUT2D eigenvalue weighted by Crippen LogP contribution is 2.26. The number of nitrogens with zero attached hydrogens (tertiary/aromatic N) is 1. The Labute approximate surface area is 123 Å². The van der Waals surface area contributed by atoms with Crippen LogP contribution in [0.3, 0.4) is 0 Å². The second kappa shape index (κ2) is 5.78. The average molecular weight is 268 g/mol. The minimum atomic E-state index is 0.706. The van der Waals surface area contributed by atoms with Gasteiger partial charge in [0.15, 0.2) is 6.20 Å². The van der Waals surface area contributed by atoms with E-state index in [4.69, 9.17) is 0 Å². The maximum absolute atomic E-state index is 2.34. The van der Waals surface area contributed by atoms with E-state index in [2.05, 4.69) is 76.7 Å². The predicted molar refractivity (Wildman–Crippen MR) is 85.8 cm³/mol. The molecule has 1 aromatic carbocycles. The Morgan fingerprint density at radius 3 is 2.30 bits per heavy atom. The van der Waals surface area contributed by atoms with Crippen molar-refractivity contribution in [1.29, 1.82) is 0 Å². The minimum Gasteiger partial charge on any atom is -0.201 e. The lowest BCUT2D eigenvalue weighted by Gasteiger charge is -2.11. The van der Waals surface area contributed by atoms with Gasteiger partial charge in [-0.25, -0.2) is 4.57 Å². The first-order valence-corrected chi connectivity index (χ1v) is 7.46. The average Bonchev–Trinajstić information content (AvgIpc) is 2.36. The fourth-order valence-electron chi connectivity index (χ4n) is 2.86. The molecule has 20 heavy (non-hydrogen) atoms. The second-order valence-electron chi connectivity index (χ2n) is 6.33. The van der Waals surface area contributed by atoms with Crippen molar-refractivity contribution in [2.75, 3.05) is 0 Å². The molecule has 1 nitrogen and oxygen atoms in total. The van der Waals surface area contributed by atoms with Crippen LogP contribution in [-0.4, -0.2) is 0 Å². The van der Waals surface area contributed by atoms with Gasteiger partial charge in [0.1, 0.15) is 7.05 Å². The van der Waals surface area contributed by atoms with E-state index < -0.39 is 0 Å². The molecule has 0 saturated heterocycles. The van der Waals surface area contributed by atoms with Crippen molar-refractivity contribution < 1.29 is 4.57 Å². The smallest absolute Gasteiger partial charge is 0.201 e. The third kappa shape index (κ3) is 2.92. The SMILES string of the molecule is Cc1cc(CC(C)C)ccc1-c1c(C)c(C)cc[n+]1C. The molecule has 0 bridgehead atoms. The van der Waals surface area contributed by atoms with E-state index in [9.17, 15) is 0 Å². The normalized spacial score (nSPS) is 11.2. The van der Waals surface area contributed by atoms with E-state index in [1.165, 1.54) is 33.5 Å². The summed E-state index contributed by atoms with van der Waals surface area (Å²) < 4.78 is 2.23. The van der Waals surface area contributed by atoms with Crippen LogP contribution in [0.5, 0.6) is 0 Å². The summed E-state index contributed by atoms with van der Waals surface area (Å²) in [6.07, 6.45) is 3.30. The van der Waals surface area contributed by atoms with Gasteiger partial charge in [0.25, 0.3) is 0 Å².